The van der Waals surface area contributed by atoms with Crippen LogP contribution in [-0.4, -0.2) is 21.1 Å². The largest absolute Gasteiger partial charge is 0.416 e. The van der Waals surface area contributed by atoms with E-state index in [1.54, 1.807) is 0 Å². The minimum atomic E-state index is -4.43. The molecule has 1 aromatic carbocycles. The number of amides is 1. The van der Waals surface area contributed by atoms with E-state index in [1.165, 1.54) is 28.8 Å². The second-order valence-corrected chi connectivity index (χ2v) is 6.85. The summed E-state index contributed by atoms with van der Waals surface area (Å²) in [6, 6.07) is 4.84. The van der Waals surface area contributed by atoms with Gasteiger partial charge < -0.3 is 0 Å². The Morgan fingerprint density at radius 3 is 2.76 bits per heavy atom. The summed E-state index contributed by atoms with van der Waals surface area (Å²) in [5.74, 6) is -0.478. The maximum absolute atomic E-state index is 12.8. The highest BCUT2D eigenvalue weighted by Crippen LogP contribution is 2.33. The second-order valence-electron chi connectivity index (χ2n) is 4.93. The Morgan fingerprint density at radius 2 is 2.08 bits per heavy atom. The van der Waals surface area contributed by atoms with Crippen LogP contribution in [0.4, 0.5) is 18.3 Å². The number of halogens is 3. The highest BCUT2D eigenvalue weighted by atomic mass is 32.1. The topological polar surface area (TPSA) is 67.8 Å². The van der Waals surface area contributed by atoms with Crippen molar-refractivity contribution in [2.24, 2.45) is 0 Å². The molecule has 1 amide bonds. The van der Waals surface area contributed by atoms with Gasteiger partial charge in [0.2, 0.25) is 5.13 Å². The van der Waals surface area contributed by atoms with Crippen molar-refractivity contribution in [3.05, 3.63) is 45.9 Å². The van der Waals surface area contributed by atoms with Gasteiger partial charge in [0.15, 0.2) is 0 Å². The van der Waals surface area contributed by atoms with Gasteiger partial charge in [0.1, 0.15) is 15.7 Å². The third-order valence-corrected chi connectivity index (χ3v) is 5.04. The van der Waals surface area contributed by atoms with E-state index in [1.807, 2.05) is 6.92 Å². The van der Waals surface area contributed by atoms with Crippen molar-refractivity contribution in [3.63, 3.8) is 0 Å². The molecule has 3 aromatic rings. The van der Waals surface area contributed by atoms with E-state index in [0.717, 1.165) is 28.5 Å². The van der Waals surface area contributed by atoms with E-state index >= 15 is 0 Å². The lowest BCUT2D eigenvalue weighted by Crippen LogP contribution is -2.12. The first-order valence-electron chi connectivity index (χ1n) is 7.13. The fourth-order valence-corrected chi connectivity index (χ4v) is 3.42. The van der Waals surface area contributed by atoms with Crippen molar-refractivity contribution in [2.45, 2.75) is 19.5 Å². The van der Waals surface area contributed by atoms with Gasteiger partial charge in [-0.15, -0.1) is 21.5 Å². The highest BCUT2D eigenvalue weighted by Gasteiger charge is 2.30. The Balaban J connectivity index is 1.79. The van der Waals surface area contributed by atoms with Crippen LogP contribution in [0.2, 0.25) is 0 Å². The van der Waals surface area contributed by atoms with Crippen LogP contribution in [0.15, 0.2) is 29.6 Å². The number of thiazole rings is 1. The average Bonchev–Trinajstić information content (AvgIpc) is 3.23. The summed E-state index contributed by atoms with van der Waals surface area (Å²) in [7, 11) is 0. The molecule has 0 saturated heterocycles. The normalized spacial score (nSPS) is 11.5. The molecule has 0 saturated carbocycles. The molecule has 0 radical (unpaired) electrons. The SMILES string of the molecule is CCc1nnc(NC(=O)c2csc(-c3cccc(C(F)(F)F)c3)n2)s1. The van der Waals surface area contributed by atoms with E-state index in [4.69, 9.17) is 0 Å². The lowest BCUT2D eigenvalue weighted by molar-refractivity contribution is -0.137. The van der Waals surface area contributed by atoms with Crippen LogP contribution in [0, 0.1) is 0 Å². The van der Waals surface area contributed by atoms with Crippen LogP contribution in [0.5, 0.6) is 0 Å². The molecule has 0 fully saturated rings. The Bertz CT molecular complexity index is 904. The second kappa shape index (κ2) is 6.89. The number of anilines is 1. The number of aryl methyl sites for hydroxylation is 1. The summed E-state index contributed by atoms with van der Waals surface area (Å²) >= 11 is 2.36. The van der Waals surface area contributed by atoms with Crippen LogP contribution < -0.4 is 5.32 Å². The molecule has 2 heterocycles. The standard InChI is InChI=1S/C15H11F3N4OS2/c1-2-11-21-22-14(25-11)20-12(23)10-7-24-13(19-10)8-4-3-5-9(6-8)15(16,17)18/h3-7H,2H2,1H3,(H,20,22,23). The van der Waals surface area contributed by atoms with Gasteiger partial charge in [-0.2, -0.15) is 13.2 Å². The molecule has 0 aliphatic heterocycles. The minimum absolute atomic E-state index is 0.116. The van der Waals surface area contributed by atoms with Crippen molar-refractivity contribution in [3.8, 4) is 10.6 Å². The smallest absolute Gasteiger partial charge is 0.295 e. The molecule has 3 rings (SSSR count). The number of carbonyl (C=O) groups excluding carboxylic acids is 1. The lowest BCUT2D eigenvalue weighted by atomic mass is 10.1. The number of nitrogens with zero attached hydrogens (tertiary/aromatic N) is 3. The molecule has 130 valence electrons. The van der Waals surface area contributed by atoms with Gasteiger partial charge >= 0.3 is 6.18 Å². The molecule has 10 heteroatoms. The van der Waals surface area contributed by atoms with E-state index in [9.17, 15) is 18.0 Å². The zero-order chi connectivity index (χ0) is 18.0. The molecule has 0 atom stereocenters. The van der Waals surface area contributed by atoms with E-state index in [0.29, 0.717) is 22.1 Å². The van der Waals surface area contributed by atoms with Gasteiger partial charge in [-0.25, -0.2) is 4.98 Å². The third-order valence-electron chi connectivity index (χ3n) is 3.16. The number of alkyl halides is 3. The molecule has 0 unspecified atom stereocenters. The first-order chi connectivity index (χ1) is 11.9. The van der Waals surface area contributed by atoms with Crippen LogP contribution >= 0.6 is 22.7 Å². The summed E-state index contributed by atoms with van der Waals surface area (Å²) in [4.78, 5) is 16.3. The van der Waals surface area contributed by atoms with Gasteiger partial charge in [-0.05, 0) is 18.6 Å². The zero-order valence-corrected chi connectivity index (χ0v) is 14.4. The van der Waals surface area contributed by atoms with Crippen molar-refractivity contribution in [2.75, 3.05) is 5.32 Å². The van der Waals surface area contributed by atoms with Crippen molar-refractivity contribution in [1.82, 2.24) is 15.2 Å². The van der Waals surface area contributed by atoms with Gasteiger partial charge in [-0.3, -0.25) is 10.1 Å². The molecular weight excluding hydrogens is 373 g/mol. The maximum atomic E-state index is 12.8. The van der Waals surface area contributed by atoms with E-state index in [2.05, 4.69) is 20.5 Å². The third kappa shape index (κ3) is 4.02. The van der Waals surface area contributed by atoms with Gasteiger partial charge in [0.05, 0.1) is 5.56 Å². The van der Waals surface area contributed by atoms with Gasteiger partial charge in [0, 0.05) is 10.9 Å². The Kier molecular flexibility index (Phi) is 4.82. The summed E-state index contributed by atoms with van der Waals surface area (Å²) in [6.07, 6.45) is -3.72. The van der Waals surface area contributed by atoms with Crippen LogP contribution in [-0.2, 0) is 12.6 Å². The first-order valence-corrected chi connectivity index (χ1v) is 8.83. The van der Waals surface area contributed by atoms with Crippen molar-refractivity contribution in [1.29, 1.82) is 0 Å². The molecule has 5 nitrogen and oxygen atoms in total. The monoisotopic (exact) mass is 384 g/mol. The molecule has 0 spiro atoms. The number of carbonyl (C=O) groups is 1. The summed E-state index contributed by atoms with van der Waals surface area (Å²) in [6.45, 7) is 1.92. The summed E-state index contributed by atoms with van der Waals surface area (Å²) in [5, 5.41) is 13.3. The van der Waals surface area contributed by atoms with Crippen LogP contribution in [0.25, 0.3) is 10.6 Å². The maximum Gasteiger partial charge on any atom is 0.416 e. The number of hydrogen-bond donors (Lipinski definition) is 1. The van der Waals surface area contributed by atoms with Gasteiger partial charge in [-0.1, -0.05) is 30.4 Å². The van der Waals surface area contributed by atoms with Crippen molar-refractivity contribution < 1.29 is 18.0 Å². The molecule has 0 aliphatic carbocycles. The predicted molar refractivity (Wildman–Crippen MR) is 89.8 cm³/mol. The Labute approximate surface area is 148 Å². The Morgan fingerprint density at radius 1 is 1.28 bits per heavy atom. The summed E-state index contributed by atoms with van der Waals surface area (Å²) < 4.78 is 38.4. The number of rotatable bonds is 4. The molecular formula is C15H11F3N4OS2. The zero-order valence-electron chi connectivity index (χ0n) is 12.8. The predicted octanol–water partition coefficient (Wildman–Crippen LogP) is 4.50. The minimum Gasteiger partial charge on any atom is -0.295 e. The fraction of sp³-hybridized carbons (Fsp3) is 0.200. The number of aromatic nitrogens is 3. The quantitative estimate of drug-likeness (QED) is 0.719. The molecule has 1 N–H and O–H groups in total. The number of nitrogens with one attached hydrogen (secondary N) is 1. The fourth-order valence-electron chi connectivity index (χ4n) is 1.95. The molecule has 0 aliphatic rings. The first kappa shape index (κ1) is 17.5. The Hall–Kier alpha value is -2.33. The molecule has 0 bridgehead atoms. The summed E-state index contributed by atoms with van der Waals surface area (Å²) in [5.41, 5.74) is -0.333. The van der Waals surface area contributed by atoms with Crippen LogP contribution in [0.1, 0.15) is 28.0 Å². The van der Waals surface area contributed by atoms with Crippen LogP contribution in [0.3, 0.4) is 0 Å². The van der Waals surface area contributed by atoms with Crippen molar-refractivity contribution >= 4 is 33.7 Å². The molecule has 2 aromatic heterocycles. The average molecular weight is 384 g/mol. The van der Waals surface area contributed by atoms with E-state index < -0.39 is 17.6 Å². The van der Waals surface area contributed by atoms with E-state index in [-0.39, 0.29) is 5.69 Å². The van der Waals surface area contributed by atoms with Gasteiger partial charge in [0.25, 0.3) is 5.91 Å². The highest BCUT2D eigenvalue weighted by molar-refractivity contribution is 7.15. The number of hydrogen-bond acceptors (Lipinski definition) is 6. The number of benzene rings is 1. The lowest BCUT2D eigenvalue weighted by Gasteiger charge is -2.07. The molecule has 25 heavy (non-hydrogen) atoms.